The molecule has 1 aromatic heterocycles. The second-order valence-corrected chi connectivity index (χ2v) is 7.47. The average Bonchev–Trinajstić information content (AvgIpc) is 2.97. The Morgan fingerprint density at radius 2 is 2.15 bits per heavy atom. The number of rotatable bonds is 5. The smallest absolute Gasteiger partial charge is 0.223 e. The number of nitrogens with one attached hydrogen (secondary N) is 1. The zero-order chi connectivity index (χ0) is 14.2. The van der Waals surface area contributed by atoms with E-state index >= 15 is 0 Å². The van der Waals surface area contributed by atoms with E-state index in [1.54, 1.807) is 11.3 Å². The highest BCUT2D eigenvalue weighted by molar-refractivity contribution is 7.12. The number of carbonyl (C=O) groups excluding carboxylic acids is 1. The Morgan fingerprint density at radius 1 is 1.45 bits per heavy atom. The van der Waals surface area contributed by atoms with Crippen LogP contribution in [0.1, 0.15) is 61.3 Å². The number of aliphatic hydroxyl groups is 1. The Bertz CT molecular complexity index is 484. The van der Waals surface area contributed by atoms with Crippen LogP contribution in [-0.4, -0.2) is 17.6 Å². The summed E-state index contributed by atoms with van der Waals surface area (Å²) >= 11 is 1.71. The Hall–Kier alpha value is -0.870. The van der Waals surface area contributed by atoms with E-state index in [0.29, 0.717) is 0 Å². The van der Waals surface area contributed by atoms with Crippen molar-refractivity contribution in [2.24, 2.45) is 5.92 Å². The molecule has 0 aliphatic heterocycles. The molecule has 1 heterocycles. The van der Waals surface area contributed by atoms with Crippen LogP contribution in [0.25, 0.3) is 0 Å². The summed E-state index contributed by atoms with van der Waals surface area (Å²) in [5, 5.41) is 12.9. The molecule has 4 heteroatoms. The van der Waals surface area contributed by atoms with Crippen LogP contribution in [0.5, 0.6) is 0 Å². The van der Waals surface area contributed by atoms with E-state index in [9.17, 15) is 9.90 Å². The minimum absolute atomic E-state index is 0.113. The van der Waals surface area contributed by atoms with Gasteiger partial charge in [-0.25, -0.2) is 0 Å². The maximum atomic E-state index is 11.9. The fourth-order valence-electron chi connectivity index (χ4n) is 3.17. The SMILES string of the molecule is C[C@H](O)c1ccc(C2(CNC(=O)C3CC3)CCCC2)s1. The number of carbonyl (C=O) groups is 1. The molecule has 0 unspecified atom stereocenters. The first-order valence-corrected chi connectivity index (χ1v) is 8.48. The number of aliphatic hydroxyl groups excluding tert-OH is 1. The van der Waals surface area contributed by atoms with Gasteiger partial charge in [-0.1, -0.05) is 12.8 Å². The summed E-state index contributed by atoms with van der Waals surface area (Å²) in [6, 6.07) is 4.19. The Kier molecular flexibility index (Phi) is 3.87. The van der Waals surface area contributed by atoms with Crippen molar-refractivity contribution in [2.75, 3.05) is 6.54 Å². The minimum Gasteiger partial charge on any atom is -0.388 e. The van der Waals surface area contributed by atoms with Crippen molar-refractivity contribution >= 4 is 17.2 Å². The molecule has 110 valence electrons. The summed E-state index contributed by atoms with van der Waals surface area (Å²) in [6.07, 6.45) is 6.50. The lowest BCUT2D eigenvalue weighted by Gasteiger charge is -2.28. The van der Waals surface area contributed by atoms with Gasteiger partial charge in [0.15, 0.2) is 0 Å². The molecule has 0 radical (unpaired) electrons. The van der Waals surface area contributed by atoms with Crippen LogP contribution in [0.2, 0.25) is 0 Å². The summed E-state index contributed by atoms with van der Waals surface area (Å²) in [4.78, 5) is 14.3. The number of hydrogen-bond donors (Lipinski definition) is 2. The molecular formula is C16H23NO2S. The third-order valence-corrected chi connectivity index (χ3v) is 6.17. The lowest BCUT2D eigenvalue weighted by atomic mass is 9.84. The monoisotopic (exact) mass is 293 g/mol. The molecule has 3 nitrogen and oxygen atoms in total. The van der Waals surface area contributed by atoms with Crippen LogP contribution >= 0.6 is 11.3 Å². The number of thiophene rings is 1. The molecule has 2 saturated carbocycles. The fraction of sp³-hybridized carbons (Fsp3) is 0.688. The van der Waals surface area contributed by atoms with Crippen LogP contribution in [-0.2, 0) is 10.2 Å². The van der Waals surface area contributed by atoms with Crippen molar-refractivity contribution < 1.29 is 9.90 Å². The zero-order valence-electron chi connectivity index (χ0n) is 12.0. The van der Waals surface area contributed by atoms with E-state index in [1.807, 2.05) is 13.0 Å². The number of amides is 1. The molecule has 1 amide bonds. The summed E-state index contributed by atoms with van der Waals surface area (Å²) < 4.78 is 0. The molecule has 1 aromatic rings. The van der Waals surface area contributed by atoms with Gasteiger partial charge in [0.25, 0.3) is 0 Å². The van der Waals surface area contributed by atoms with Crippen molar-refractivity contribution in [1.29, 1.82) is 0 Å². The first-order valence-electron chi connectivity index (χ1n) is 7.67. The fourth-order valence-corrected chi connectivity index (χ4v) is 4.36. The van der Waals surface area contributed by atoms with Gasteiger partial charge >= 0.3 is 0 Å². The molecule has 2 aliphatic rings. The largest absolute Gasteiger partial charge is 0.388 e. The molecule has 0 aromatic carbocycles. The highest BCUT2D eigenvalue weighted by atomic mass is 32.1. The summed E-state index contributed by atoms with van der Waals surface area (Å²) in [5.41, 5.74) is 0.113. The lowest BCUT2D eigenvalue weighted by molar-refractivity contribution is -0.122. The predicted molar refractivity (Wildman–Crippen MR) is 80.8 cm³/mol. The topological polar surface area (TPSA) is 49.3 Å². The standard InChI is InChI=1S/C16H23NO2S/c1-11(18)13-6-7-14(20-13)16(8-2-3-9-16)10-17-15(19)12-4-5-12/h6-7,11-12,18H,2-5,8-10H2,1H3,(H,17,19)/t11-/m0/s1. The van der Waals surface area contributed by atoms with Crippen molar-refractivity contribution in [3.05, 3.63) is 21.9 Å². The van der Waals surface area contributed by atoms with E-state index in [0.717, 1.165) is 37.1 Å². The van der Waals surface area contributed by atoms with Gasteiger partial charge in [0.05, 0.1) is 6.10 Å². The van der Waals surface area contributed by atoms with E-state index < -0.39 is 6.10 Å². The lowest BCUT2D eigenvalue weighted by Crippen LogP contribution is -2.39. The van der Waals surface area contributed by atoms with Crippen LogP contribution < -0.4 is 5.32 Å². The van der Waals surface area contributed by atoms with Crippen molar-refractivity contribution in [3.63, 3.8) is 0 Å². The Morgan fingerprint density at radius 3 is 2.70 bits per heavy atom. The Labute approximate surface area is 124 Å². The molecule has 1 atom stereocenters. The second kappa shape index (κ2) is 5.49. The quantitative estimate of drug-likeness (QED) is 0.876. The van der Waals surface area contributed by atoms with Crippen LogP contribution in [0.3, 0.4) is 0 Å². The van der Waals surface area contributed by atoms with Crippen molar-refractivity contribution in [3.8, 4) is 0 Å². The first kappa shape index (κ1) is 14.1. The van der Waals surface area contributed by atoms with E-state index in [1.165, 1.54) is 17.7 Å². The maximum absolute atomic E-state index is 11.9. The van der Waals surface area contributed by atoms with Crippen molar-refractivity contribution in [1.82, 2.24) is 5.32 Å². The van der Waals surface area contributed by atoms with Gasteiger partial charge in [-0.3, -0.25) is 4.79 Å². The highest BCUT2D eigenvalue weighted by Gasteiger charge is 2.38. The molecule has 2 aliphatic carbocycles. The molecular weight excluding hydrogens is 270 g/mol. The summed E-state index contributed by atoms with van der Waals surface area (Å²) in [7, 11) is 0. The maximum Gasteiger partial charge on any atom is 0.223 e. The van der Waals surface area contributed by atoms with Crippen LogP contribution in [0.4, 0.5) is 0 Å². The second-order valence-electron chi connectivity index (χ2n) is 6.36. The van der Waals surface area contributed by atoms with Gasteiger partial charge in [-0.05, 0) is 44.7 Å². The van der Waals surface area contributed by atoms with E-state index in [2.05, 4.69) is 11.4 Å². The van der Waals surface area contributed by atoms with Gasteiger partial charge < -0.3 is 10.4 Å². The van der Waals surface area contributed by atoms with E-state index in [-0.39, 0.29) is 17.2 Å². The predicted octanol–water partition coefficient (Wildman–Crippen LogP) is 3.14. The third-order valence-electron chi connectivity index (χ3n) is 4.67. The molecule has 0 spiro atoms. The zero-order valence-corrected chi connectivity index (χ0v) is 12.8. The molecule has 20 heavy (non-hydrogen) atoms. The normalized spacial score (nSPS) is 22.7. The summed E-state index contributed by atoms with van der Waals surface area (Å²) in [5.74, 6) is 0.522. The first-order chi connectivity index (χ1) is 9.61. The van der Waals surface area contributed by atoms with Crippen LogP contribution in [0, 0.1) is 5.92 Å². The Balaban J connectivity index is 1.73. The highest BCUT2D eigenvalue weighted by Crippen LogP contribution is 2.44. The molecule has 3 rings (SSSR count). The molecule has 2 N–H and O–H groups in total. The van der Waals surface area contributed by atoms with Gasteiger partial charge in [0, 0.05) is 27.6 Å². The van der Waals surface area contributed by atoms with Crippen LogP contribution in [0.15, 0.2) is 12.1 Å². The van der Waals surface area contributed by atoms with Gasteiger partial charge in [-0.15, -0.1) is 11.3 Å². The summed E-state index contributed by atoms with van der Waals surface area (Å²) in [6.45, 7) is 2.58. The molecule has 0 bridgehead atoms. The molecule has 0 saturated heterocycles. The van der Waals surface area contributed by atoms with Crippen molar-refractivity contribution in [2.45, 2.75) is 57.0 Å². The van der Waals surface area contributed by atoms with E-state index in [4.69, 9.17) is 0 Å². The molecule has 2 fully saturated rings. The third kappa shape index (κ3) is 2.77. The van der Waals surface area contributed by atoms with Gasteiger partial charge in [0.1, 0.15) is 0 Å². The minimum atomic E-state index is -0.395. The van der Waals surface area contributed by atoms with Gasteiger partial charge in [0.2, 0.25) is 5.91 Å². The van der Waals surface area contributed by atoms with Gasteiger partial charge in [-0.2, -0.15) is 0 Å². The number of hydrogen-bond acceptors (Lipinski definition) is 3. The average molecular weight is 293 g/mol.